The predicted octanol–water partition coefficient (Wildman–Crippen LogP) is -1.42. The van der Waals surface area contributed by atoms with Crippen LogP contribution in [0.1, 0.15) is 45.4 Å². The lowest BCUT2D eigenvalue weighted by atomic mass is 9.87. The highest BCUT2D eigenvalue weighted by atomic mass is 32.2. The molecule has 0 spiro atoms. The minimum absolute atomic E-state index is 0.0886. The smallest absolute Gasteiger partial charge is 0.237 e. The van der Waals surface area contributed by atoms with E-state index in [1.807, 2.05) is 0 Å². The van der Waals surface area contributed by atoms with Crippen LogP contribution >= 0.6 is 0 Å². The van der Waals surface area contributed by atoms with Gasteiger partial charge in [-0.15, -0.1) is 0 Å². The first kappa shape index (κ1) is 27.3. The summed E-state index contributed by atoms with van der Waals surface area (Å²) in [4.78, 5) is 30.5. The summed E-state index contributed by atoms with van der Waals surface area (Å²) in [5.74, 6) is -0.494. The number of likely N-dealkylation sites (tertiary alicyclic amines) is 1. The van der Waals surface area contributed by atoms with Crippen LogP contribution in [0.3, 0.4) is 0 Å². The zero-order valence-electron chi connectivity index (χ0n) is 20.8. The van der Waals surface area contributed by atoms with Crippen molar-refractivity contribution in [1.29, 1.82) is 0 Å². The quantitative estimate of drug-likeness (QED) is 0.296. The van der Waals surface area contributed by atoms with E-state index in [4.69, 9.17) is 5.73 Å². The number of sulfonamides is 1. The molecule has 0 aromatic carbocycles. The Morgan fingerprint density at radius 3 is 2.62 bits per heavy atom. The van der Waals surface area contributed by atoms with Gasteiger partial charge in [-0.25, -0.2) is 12.7 Å². The van der Waals surface area contributed by atoms with Crippen LogP contribution in [0.4, 0.5) is 0 Å². The normalized spacial score (nSPS) is 29.0. The minimum atomic E-state index is -3.29. The van der Waals surface area contributed by atoms with Gasteiger partial charge in [-0.05, 0) is 45.1 Å². The van der Waals surface area contributed by atoms with E-state index < -0.39 is 21.7 Å². The number of hydrogen-bond donors (Lipinski definition) is 3. The fourth-order valence-electron chi connectivity index (χ4n) is 5.70. The Morgan fingerprint density at radius 2 is 1.97 bits per heavy atom. The van der Waals surface area contributed by atoms with Crippen LogP contribution in [0.25, 0.3) is 0 Å². The van der Waals surface area contributed by atoms with E-state index in [0.717, 1.165) is 45.1 Å². The molecule has 3 saturated heterocycles. The summed E-state index contributed by atoms with van der Waals surface area (Å²) in [5, 5.41) is 13.9. The standard InChI is InChI=1S/C22H42N6O5S/c1-17(29)27(12-11-26-10-7-18(13-26)24-16-34(32,33)25(2)3)14-20(30)15-28-19-5-4-8-22(28,9-6-19)21(23)31/h18-20,24,30H,4-16H2,1-3H3,(H2,23,31)/t18-,19-,20?,22+/m1/s1. The molecule has 12 heteroatoms. The monoisotopic (exact) mass is 502 g/mol. The molecule has 0 radical (unpaired) electrons. The van der Waals surface area contributed by atoms with Crippen LogP contribution in [-0.4, -0.2) is 127 Å². The van der Waals surface area contributed by atoms with Crippen LogP contribution in [0.5, 0.6) is 0 Å². The van der Waals surface area contributed by atoms with Gasteiger partial charge in [0.25, 0.3) is 0 Å². The maximum atomic E-state index is 12.3. The van der Waals surface area contributed by atoms with Crippen LogP contribution in [0, 0.1) is 0 Å². The summed E-state index contributed by atoms with van der Waals surface area (Å²) in [6.07, 6.45) is 4.48. The number of nitrogens with zero attached hydrogens (tertiary/aromatic N) is 4. The van der Waals surface area contributed by atoms with Crippen molar-refractivity contribution < 1.29 is 23.1 Å². The molecule has 2 amide bonds. The molecule has 3 aliphatic rings. The fraction of sp³-hybridized carbons (Fsp3) is 0.909. The molecule has 196 valence electrons. The predicted molar refractivity (Wildman–Crippen MR) is 129 cm³/mol. The summed E-state index contributed by atoms with van der Waals surface area (Å²) in [6.45, 7) is 4.74. The van der Waals surface area contributed by atoms with Crippen LogP contribution in [0.15, 0.2) is 0 Å². The number of piperidine rings is 1. The van der Waals surface area contributed by atoms with Crippen molar-refractivity contribution in [2.75, 3.05) is 59.2 Å². The maximum Gasteiger partial charge on any atom is 0.237 e. The molecule has 3 rings (SSSR count). The minimum Gasteiger partial charge on any atom is -0.390 e. The molecular formula is C22H42N6O5S. The summed E-state index contributed by atoms with van der Waals surface area (Å²) >= 11 is 0. The zero-order chi connectivity index (χ0) is 25.1. The number of nitrogens with one attached hydrogen (secondary N) is 1. The van der Waals surface area contributed by atoms with E-state index in [-0.39, 0.29) is 36.3 Å². The molecule has 0 aromatic rings. The number of carbonyl (C=O) groups is 2. The van der Waals surface area contributed by atoms with E-state index in [0.29, 0.717) is 26.2 Å². The van der Waals surface area contributed by atoms with Gasteiger partial charge in [0.05, 0.1) is 6.10 Å². The number of aliphatic hydroxyl groups excluding tert-OH is 1. The Kier molecular flexibility index (Phi) is 8.96. The topological polar surface area (TPSA) is 140 Å². The van der Waals surface area contributed by atoms with Gasteiger partial charge < -0.3 is 15.7 Å². The number of aliphatic hydroxyl groups is 1. The van der Waals surface area contributed by atoms with Gasteiger partial charge in [-0.3, -0.25) is 24.7 Å². The second-order valence-corrected chi connectivity index (χ2v) is 12.5. The summed E-state index contributed by atoms with van der Waals surface area (Å²) in [6, 6.07) is 0.359. The first-order valence-electron chi connectivity index (χ1n) is 12.3. The third-order valence-corrected chi connectivity index (χ3v) is 9.47. The number of fused-ring (bicyclic) bond motifs is 2. The molecule has 4 atom stereocenters. The third kappa shape index (κ3) is 6.27. The molecule has 2 bridgehead atoms. The average molecular weight is 503 g/mol. The Labute approximate surface area is 203 Å². The van der Waals surface area contributed by atoms with E-state index in [2.05, 4.69) is 15.1 Å². The Balaban J connectivity index is 1.47. The van der Waals surface area contributed by atoms with Crippen molar-refractivity contribution in [2.45, 2.75) is 69.2 Å². The van der Waals surface area contributed by atoms with Crippen molar-refractivity contribution in [1.82, 2.24) is 24.3 Å². The van der Waals surface area contributed by atoms with Crippen molar-refractivity contribution in [3.8, 4) is 0 Å². The van der Waals surface area contributed by atoms with E-state index in [1.54, 1.807) is 4.90 Å². The molecule has 0 aromatic heterocycles. The number of carbonyl (C=O) groups excluding carboxylic acids is 2. The molecule has 3 aliphatic heterocycles. The molecule has 3 fully saturated rings. The number of nitrogens with two attached hydrogens (primary N) is 1. The van der Waals surface area contributed by atoms with Crippen LogP contribution in [-0.2, 0) is 19.6 Å². The highest BCUT2D eigenvalue weighted by molar-refractivity contribution is 7.89. The number of hydrogen-bond acceptors (Lipinski definition) is 8. The lowest BCUT2D eigenvalue weighted by molar-refractivity contribution is -0.135. The van der Waals surface area contributed by atoms with Gasteiger partial charge in [0.15, 0.2) is 0 Å². The van der Waals surface area contributed by atoms with Crippen molar-refractivity contribution in [3.05, 3.63) is 0 Å². The summed E-state index contributed by atoms with van der Waals surface area (Å²) in [7, 11) is -0.248. The lowest BCUT2D eigenvalue weighted by Crippen LogP contribution is -2.60. The Bertz CT molecular complexity index is 836. The average Bonchev–Trinajstić information content (AvgIpc) is 3.28. The third-order valence-electron chi connectivity index (χ3n) is 7.82. The number of primary amides is 1. The first-order chi connectivity index (χ1) is 15.9. The molecule has 0 aliphatic carbocycles. The van der Waals surface area contributed by atoms with Crippen molar-refractivity contribution in [2.24, 2.45) is 5.73 Å². The fourth-order valence-corrected chi connectivity index (χ4v) is 6.40. The van der Waals surface area contributed by atoms with E-state index in [9.17, 15) is 23.1 Å². The Morgan fingerprint density at radius 1 is 1.24 bits per heavy atom. The van der Waals surface area contributed by atoms with E-state index in [1.165, 1.54) is 25.3 Å². The Hall–Kier alpha value is -1.31. The van der Waals surface area contributed by atoms with Gasteiger partial charge in [0.1, 0.15) is 11.4 Å². The largest absolute Gasteiger partial charge is 0.390 e. The second-order valence-electron chi connectivity index (χ2n) is 10.3. The van der Waals surface area contributed by atoms with Crippen molar-refractivity contribution >= 4 is 21.8 Å². The molecule has 0 saturated carbocycles. The molecular weight excluding hydrogens is 460 g/mol. The van der Waals surface area contributed by atoms with Gasteiger partial charge in [-0.1, -0.05) is 0 Å². The number of β-amino-alcohol motifs (C(OH)–C–C–N with tert-alkyl or cyclic N) is 1. The maximum absolute atomic E-state index is 12.3. The molecule has 1 unspecified atom stereocenters. The lowest BCUT2D eigenvalue weighted by Gasteiger charge is -2.44. The van der Waals surface area contributed by atoms with Gasteiger partial charge in [0, 0.05) is 65.8 Å². The number of rotatable bonds is 12. The summed E-state index contributed by atoms with van der Waals surface area (Å²) in [5.41, 5.74) is 5.12. The van der Waals surface area contributed by atoms with Crippen molar-refractivity contribution in [3.63, 3.8) is 0 Å². The number of amides is 2. The first-order valence-corrected chi connectivity index (χ1v) is 13.9. The highest BCUT2D eigenvalue weighted by Crippen LogP contribution is 2.43. The molecule has 11 nitrogen and oxygen atoms in total. The van der Waals surface area contributed by atoms with Gasteiger partial charge in [-0.2, -0.15) is 0 Å². The van der Waals surface area contributed by atoms with Gasteiger partial charge in [0.2, 0.25) is 21.8 Å². The molecule has 4 N–H and O–H groups in total. The van der Waals surface area contributed by atoms with E-state index >= 15 is 0 Å². The van der Waals surface area contributed by atoms with Gasteiger partial charge >= 0.3 is 0 Å². The molecule has 34 heavy (non-hydrogen) atoms. The van der Waals surface area contributed by atoms with Crippen LogP contribution < -0.4 is 11.1 Å². The summed E-state index contributed by atoms with van der Waals surface area (Å²) < 4.78 is 25.1. The van der Waals surface area contributed by atoms with Crippen LogP contribution in [0.2, 0.25) is 0 Å². The molecule has 3 heterocycles. The SMILES string of the molecule is CC(=O)N(CCN1CC[C@@H](NCS(=O)(=O)N(C)C)C1)CC(O)CN1[C@@H]2CCC[C@@]1(C(N)=O)CC2. The highest BCUT2D eigenvalue weighted by Gasteiger charge is 2.52. The second kappa shape index (κ2) is 11.2. The zero-order valence-corrected chi connectivity index (χ0v) is 21.6.